The number of carbonyl (C=O) groups excluding carboxylic acids is 3. The van der Waals surface area contributed by atoms with Crippen molar-refractivity contribution in [1.82, 2.24) is 10.9 Å². The monoisotopic (exact) mass is 480 g/mol. The molecule has 0 aromatic heterocycles. The fourth-order valence-corrected chi connectivity index (χ4v) is 2.48. The molecule has 0 bridgehead atoms. The van der Waals surface area contributed by atoms with Gasteiger partial charge in [-0.1, -0.05) is 44.0 Å². The molecule has 2 aromatic rings. The molecule has 0 saturated heterocycles. The first-order chi connectivity index (χ1) is 12.4. The summed E-state index contributed by atoms with van der Waals surface area (Å²) in [6, 6.07) is 13.9. The molecule has 2 rings (SSSR count). The van der Waals surface area contributed by atoms with E-state index >= 15 is 0 Å². The van der Waals surface area contributed by atoms with Crippen LogP contribution >= 0.6 is 31.9 Å². The van der Waals surface area contributed by atoms with E-state index < -0.39 is 24.4 Å². The molecule has 0 atom stereocenters. The normalized spacial score (nSPS) is 10.4. The van der Waals surface area contributed by atoms with Gasteiger partial charge in [0.05, 0.1) is 0 Å². The number of halogens is 2. The van der Waals surface area contributed by atoms with Crippen LogP contribution in [0.1, 0.15) is 15.9 Å². The first-order valence-electron chi connectivity index (χ1n) is 7.39. The largest absolute Gasteiger partial charge is 0.452 e. The first kappa shape index (κ1) is 19.9. The van der Waals surface area contributed by atoms with Gasteiger partial charge in [-0.2, -0.15) is 0 Å². The lowest BCUT2D eigenvalue weighted by molar-refractivity contribution is -0.144. The van der Waals surface area contributed by atoms with Crippen LogP contribution in [-0.2, 0) is 14.3 Å². The summed E-state index contributed by atoms with van der Waals surface area (Å²) in [5, 5.41) is 0. The van der Waals surface area contributed by atoms with Gasteiger partial charge in [0, 0.05) is 20.6 Å². The molecule has 134 valence electrons. The lowest BCUT2D eigenvalue weighted by atomic mass is 10.2. The Morgan fingerprint density at radius 2 is 1.69 bits per heavy atom. The molecule has 0 heterocycles. The second kappa shape index (κ2) is 9.88. The van der Waals surface area contributed by atoms with Gasteiger partial charge < -0.3 is 4.74 Å². The van der Waals surface area contributed by atoms with Crippen molar-refractivity contribution in [2.24, 2.45) is 0 Å². The second-order valence-electron chi connectivity index (χ2n) is 5.01. The van der Waals surface area contributed by atoms with Gasteiger partial charge in [-0.25, -0.2) is 4.79 Å². The van der Waals surface area contributed by atoms with Gasteiger partial charge in [0.1, 0.15) is 0 Å². The molecule has 2 N–H and O–H groups in total. The van der Waals surface area contributed by atoms with Crippen molar-refractivity contribution in [2.45, 2.75) is 0 Å². The Hall–Kier alpha value is -2.45. The van der Waals surface area contributed by atoms with Crippen LogP contribution in [0.5, 0.6) is 0 Å². The van der Waals surface area contributed by atoms with Crippen LogP contribution in [0.4, 0.5) is 0 Å². The van der Waals surface area contributed by atoms with Crippen LogP contribution in [0.3, 0.4) is 0 Å². The highest BCUT2D eigenvalue weighted by Crippen LogP contribution is 2.12. The first-order valence-corrected chi connectivity index (χ1v) is 8.98. The number of amides is 2. The Kier molecular flexibility index (Phi) is 7.55. The topological polar surface area (TPSA) is 84.5 Å². The predicted octanol–water partition coefficient (Wildman–Crippen LogP) is 3.23. The molecule has 26 heavy (non-hydrogen) atoms. The lowest BCUT2D eigenvalue weighted by Gasteiger charge is -2.07. The molecule has 0 aliphatic heterocycles. The number of hydrogen-bond acceptors (Lipinski definition) is 4. The van der Waals surface area contributed by atoms with E-state index in [1.807, 2.05) is 24.3 Å². The summed E-state index contributed by atoms with van der Waals surface area (Å²) in [6.07, 6.45) is 2.79. The summed E-state index contributed by atoms with van der Waals surface area (Å²) in [5.74, 6) is -1.80. The van der Waals surface area contributed by atoms with E-state index in [-0.39, 0.29) is 0 Å². The van der Waals surface area contributed by atoms with E-state index in [0.717, 1.165) is 14.5 Å². The third-order valence-electron chi connectivity index (χ3n) is 3.03. The summed E-state index contributed by atoms with van der Waals surface area (Å²) in [5.41, 5.74) is 5.60. The highest BCUT2D eigenvalue weighted by Gasteiger charge is 2.08. The van der Waals surface area contributed by atoms with Gasteiger partial charge in [0.15, 0.2) is 6.61 Å². The molecule has 2 aromatic carbocycles. The highest BCUT2D eigenvalue weighted by molar-refractivity contribution is 9.10. The molecule has 6 nitrogen and oxygen atoms in total. The number of carbonyl (C=O) groups is 3. The Morgan fingerprint density at radius 3 is 2.38 bits per heavy atom. The van der Waals surface area contributed by atoms with Crippen molar-refractivity contribution in [1.29, 1.82) is 0 Å². The molecule has 0 unspecified atom stereocenters. The van der Waals surface area contributed by atoms with Gasteiger partial charge in [-0.05, 0) is 48.0 Å². The molecular formula is C18H14Br2N2O4. The summed E-state index contributed by atoms with van der Waals surface area (Å²) >= 11 is 6.59. The van der Waals surface area contributed by atoms with E-state index in [4.69, 9.17) is 4.74 Å². The maximum absolute atomic E-state index is 11.8. The molecule has 0 aliphatic carbocycles. The van der Waals surface area contributed by atoms with E-state index in [0.29, 0.717) is 5.56 Å². The number of rotatable bonds is 5. The van der Waals surface area contributed by atoms with Crippen molar-refractivity contribution in [3.8, 4) is 0 Å². The molecule has 0 radical (unpaired) electrons. The quantitative estimate of drug-likeness (QED) is 0.390. The zero-order valence-electron chi connectivity index (χ0n) is 13.4. The Morgan fingerprint density at radius 1 is 0.962 bits per heavy atom. The van der Waals surface area contributed by atoms with Gasteiger partial charge in [0.2, 0.25) is 0 Å². The van der Waals surface area contributed by atoms with Crippen molar-refractivity contribution >= 4 is 55.7 Å². The summed E-state index contributed by atoms with van der Waals surface area (Å²) in [4.78, 5) is 35.0. The van der Waals surface area contributed by atoms with Crippen molar-refractivity contribution in [2.75, 3.05) is 6.61 Å². The molecule has 2 amide bonds. The Labute approximate surface area is 166 Å². The van der Waals surface area contributed by atoms with Gasteiger partial charge in [-0.3, -0.25) is 20.4 Å². The number of benzene rings is 2. The maximum Gasteiger partial charge on any atom is 0.331 e. The zero-order valence-corrected chi connectivity index (χ0v) is 16.5. The minimum absolute atomic E-state index is 0.377. The summed E-state index contributed by atoms with van der Waals surface area (Å²) in [7, 11) is 0. The van der Waals surface area contributed by atoms with Crippen LogP contribution < -0.4 is 10.9 Å². The standard InChI is InChI=1S/C18H14Br2N2O4/c19-14-7-5-13(6-8-14)18(25)22-21-16(23)11-26-17(24)9-4-12-2-1-3-15(20)10-12/h1-10H,11H2,(H,21,23)(H,22,25)/b9-4+. The zero-order chi connectivity index (χ0) is 18.9. The average molecular weight is 482 g/mol. The molecule has 0 spiro atoms. The number of nitrogens with one attached hydrogen (secondary N) is 2. The van der Waals surface area contributed by atoms with Crippen LogP contribution in [0.2, 0.25) is 0 Å². The number of hydrazine groups is 1. The molecular weight excluding hydrogens is 468 g/mol. The smallest absolute Gasteiger partial charge is 0.331 e. The maximum atomic E-state index is 11.8. The number of esters is 1. The van der Waals surface area contributed by atoms with Gasteiger partial charge >= 0.3 is 5.97 Å². The Bertz CT molecular complexity index is 835. The van der Waals surface area contributed by atoms with E-state index in [1.54, 1.807) is 30.3 Å². The molecule has 8 heteroatoms. The fourth-order valence-electron chi connectivity index (χ4n) is 1.80. The van der Waals surface area contributed by atoms with Crippen molar-refractivity contribution in [3.05, 3.63) is 74.7 Å². The van der Waals surface area contributed by atoms with E-state index in [2.05, 4.69) is 42.7 Å². The second-order valence-corrected chi connectivity index (χ2v) is 6.84. The third-order valence-corrected chi connectivity index (χ3v) is 4.05. The summed E-state index contributed by atoms with van der Waals surface area (Å²) < 4.78 is 6.52. The minimum atomic E-state index is -0.667. The SMILES string of the molecule is O=C(COC(=O)/C=C/c1cccc(Br)c1)NNC(=O)c1ccc(Br)cc1. The highest BCUT2D eigenvalue weighted by atomic mass is 79.9. The summed E-state index contributed by atoms with van der Waals surface area (Å²) in [6.45, 7) is -0.512. The van der Waals surface area contributed by atoms with Crippen molar-refractivity contribution < 1.29 is 19.1 Å². The Balaban J connectivity index is 1.73. The van der Waals surface area contributed by atoms with E-state index in [1.165, 1.54) is 6.08 Å². The van der Waals surface area contributed by atoms with Crippen LogP contribution in [0.25, 0.3) is 6.08 Å². The van der Waals surface area contributed by atoms with Crippen molar-refractivity contribution in [3.63, 3.8) is 0 Å². The van der Waals surface area contributed by atoms with Gasteiger partial charge in [-0.15, -0.1) is 0 Å². The van der Waals surface area contributed by atoms with Crippen LogP contribution in [-0.4, -0.2) is 24.4 Å². The number of ether oxygens (including phenoxy) is 1. The van der Waals surface area contributed by atoms with E-state index in [9.17, 15) is 14.4 Å². The third kappa shape index (κ3) is 6.81. The molecule has 0 saturated carbocycles. The average Bonchev–Trinajstić information content (AvgIpc) is 2.63. The van der Waals surface area contributed by atoms with Crippen LogP contribution in [0.15, 0.2) is 63.6 Å². The molecule has 0 aliphatic rings. The van der Waals surface area contributed by atoms with Gasteiger partial charge in [0.25, 0.3) is 11.8 Å². The van der Waals surface area contributed by atoms with Crippen LogP contribution in [0, 0.1) is 0 Å². The lowest BCUT2D eigenvalue weighted by Crippen LogP contribution is -2.43. The fraction of sp³-hybridized carbons (Fsp3) is 0.0556. The molecule has 0 fully saturated rings. The number of hydrogen-bond donors (Lipinski definition) is 2. The predicted molar refractivity (Wildman–Crippen MR) is 104 cm³/mol. The minimum Gasteiger partial charge on any atom is -0.452 e.